The lowest BCUT2D eigenvalue weighted by atomic mass is 9.97. The fourth-order valence-corrected chi connectivity index (χ4v) is 1.91. The zero-order valence-corrected chi connectivity index (χ0v) is 10.4. The van der Waals surface area contributed by atoms with Gasteiger partial charge in [-0.1, -0.05) is 12.1 Å². The summed E-state index contributed by atoms with van der Waals surface area (Å²) in [6.45, 7) is 0. The van der Waals surface area contributed by atoms with Gasteiger partial charge in [0.1, 0.15) is 11.7 Å². The van der Waals surface area contributed by atoms with Crippen molar-refractivity contribution in [3.63, 3.8) is 0 Å². The number of methoxy groups -OCH3 is 1. The summed E-state index contributed by atoms with van der Waals surface area (Å²) in [5, 5.41) is 4.80. The third-order valence-electron chi connectivity index (χ3n) is 2.92. The molecule has 1 heterocycles. The van der Waals surface area contributed by atoms with Crippen LogP contribution < -0.4 is 15.4 Å². The third kappa shape index (κ3) is 2.90. The van der Waals surface area contributed by atoms with Gasteiger partial charge in [0.15, 0.2) is 0 Å². The summed E-state index contributed by atoms with van der Waals surface area (Å²) < 4.78 is 5.11. The molecule has 1 atom stereocenters. The molecular weight excluding hydrogens is 248 g/mol. The van der Waals surface area contributed by atoms with Crippen LogP contribution in [-0.2, 0) is 14.4 Å². The molecule has 6 heteroatoms. The molecule has 0 bridgehead atoms. The van der Waals surface area contributed by atoms with Crippen molar-refractivity contribution in [3.8, 4) is 5.75 Å². The second-order valence-electron chi connectivity index (χ2n) is 4.19. The monoisotopic (exact) mass is 262 g/mol. The van der Waals surface area contributed by atoms with Gasteiger partial charge in [0.05, 0.1) is 12.8 Å². The van der Waals surface area contributed by atoms with Gasteiger partial charge >= 0.3 is 0 Å². The minimum absolute atomic E-state index is 0.176. The SMILES string of the molecule is COc1ccccc1NC(=O)C1CCC(=O)NC1=O. The smallest absolute Gasteiger partial charge is 0.239 e. The number of para-hydroxylation sites is 2. The van der Waals surface area contributed by atoms with Crippen LogP contribution in [0.2, 0.25) is 0 Å². The molecule has 1 saturated heterocycles. The second kappa shape index (κ2) is 5.51. The van der Waals surface area contributed by atoms with Crippen molar-refractivity contribution in [1.29, 1.82) is 0 Å². The number of rotatable bonds is 3. The Morgan fingerprint density at radius 1 is 1.37 bits per heavy atom. The van der Waals surface area contributed by atoms with E-state index in [1.807, 2.05) is 0 Å². The van der Waals surface area contributed by atoms with Crippen molar-refractivity contribution in [3.05, 3.63) is 24.3 Å². The zero-order chi connectivity index (χ0) is 13.8. The van der Waals surface area contributed by atoms with Gasteiger partial charge in [0.2, 0.25) is 17.7 Å². The molecule has 0 spiro atoms. The van der Waals surface area contributed by atoms with Crippen molar-refractivity contribution in [1.82, 2.24) is 5.32 Å². The predicted molar refractivity (Wildman–Crippen MR) is 67.5 cm³/mol. The summed E-state index contributed by atoms with van der Waals surface area (Å²) in [6, 6.07) is 6.92. The lowest BCUT2D eigenvalue weighted by molar-refractivity contribution is -0.139. The minimum atomic E-state index is -0.845. The fourth-order valence-electron chi connectivity index (χ4n) is 1.91. The van der Waals surface area contributed by atoms with Crippen LogP contribution in [0.4, 0.5) is 5.69 Å². The summed E-state index contributed by atoms with van der Waals surface area (Å²) in [4.78, 5) is 34.6. The summed E-state index contributed by atoms with van der Waals surface area (Å²) >= 11 is 0. The van der Waals surface area contributed by atoms with Crippen LogP contribution in [0.15, 0.2) is 24.3 Å². The van der Waals surface area contributed by atoms with Crippen LogP contribution in [0.25, 0.3) is 0 Å². The number of amides is 3. The van der Waals surface area contributed by atoms with E-state index in [1.165, 1.54) is 7.11 Å². The quantitative estimate of drug-likeness (QED) is 0.620. The minimum Gasteiger partial charge on any atom is -0.495 e. The van der Waals surface area contributed by atoms with Crippen LogP contribution in [0.1, 0.15) is 12.8 Å². The molecule has 6 nitrogen and oxygen atoms in total. The lowest BCUT2D eigenvalue weighted by Crippen LogP contribution is -2.45. The molecule has 19 heavy (non-hydrogen) atoms. The first kappa shape index (κ1) is 13.1. The van der Waals surface area contributed by atoms with Crippen molar-refractivity contribution in [2.24, 2.45) is 5.92 Å². The molecule has 3 amide bonds. The van der Waals surface area contributed by atoms with E-state index in [1.54, 1.807) is 24.3 Å². The molecule has 0 aliphatic carbocycles. The number of benzene rings is 1. The van der Waals surface area contributed by atoms with Crippen molar-refractivity contribution >= 4 is 23.4 Å². The first-order valence-electron chi connectivity index (χ1n) is 5.89. The highest BCUT2D eigenvalue weighted by molar-refractivity contribution is 6.12. The predicted octanol–water partition coefficient (Wildman–Crippen LogP) is 0.686. The molecule has 1 aliphatic heterocycles. The molecule has 1 fully saturated rings. The number of ether oxygens (including phenoxy) is 1. The highest BCUT2D eigenvalue weighted by Crippen LogP contribution is 2.24. The van der Waals surface area contributed by atoms with Gasteiger partial charge in [-0.05, 0) is 18.6 Å². The number of carbonyl (C=O) groups is 3. The molecule has 1 aromatic carbocycles. The molecular formula is C13H14N2O4. The molecule has 2 rings (SSSR count). The Hall–Kier alpha value is -2.37. The molecule has 1 aliphatic rings. The maximum absolute atomic E-state index is 12.0. The number of hydrogen-bond donors (Lipinski definition) is 2. The van der Waals surface area contributed by atoms with E-state index in [0.717, 1.165) is 0 Å². The Morgan fingerprint density at radius 3 is 2.79 bits per heavy atom. The first-order valence-corrected chi connectivity index (χ1v) is 5.89. The molecule has 0 aromatic heterocycles. The lowest BCUT2D eigenvalue weighted by Gasteiger charge is -2.20. The zero-order valence-electron chi connectivity index (χ0n) is 10.4. The van der Waals surface area contributed by atoms with Crippen LogP contribution in [-0.4, -0.2) is 24.8 Å². The van der Waals surface area contributed by atoms with Gasteiger partial charge in [-0.2, -0.15) is 0 Å². The highest BCUT2D eigenvalue weighted by Gasteiger charge is 2.32. The van der Waals surface area contributed by atoms with E-state index in [-0.39, 0.29) is 18.7 Å². The average molecular weight is 262 g/mol. The maximum Gasteiger partial charge on any atom is 0.239 e. The Kier molecular flexibility index (Phi) is 3.79. The number of imide groups is 1. The van der Waals surface area contributed by atoms with E-state index >= 15 is 0 Å². The number of anilines is 1. The van der Waals surface area contributed by atoms with Gasteiger partial charge in [0.25, 0.3) is 0 Å². The van der Waals surface area contributed by atoms with Crippen LogP contribution >= 0.6 is 0 Å². The summed E-state index contributed by atoms with van der Waals surface area (Å²) in [5.41, 5.74) is 0.500. The van der Waals surface area contributed by atoms with Gasteiger partial charge in [-0.15, -0.1) is 0 Å². The van der Waals surface area contributed by atoms with Crippen molar-refractivity contribution < 1.29 is 19.1 Å². The third-order valence-corrected chi connectivity index (χ3v) is 2.92. The number of piperidine rings is 1. The van der Waals surface area contributed by atoms with E-state index in [9.17, 15) is 14.4 Å². The molecule has 1 aromatic rings. The molecule has 100 valence electrons. The normalized spacial score (nSPS) is 18.7. The molecule has 0 saturated carbocycles. The number of hydrogen-bond acceptors (Lipinski definition) is 4. The average Bonchev–Trinajstić information content (AvgIpc) is 2.39. The van der Waals surface area contributed by atoms with Gasteiger partial charge in [-0.3, -0.25) is 19.7 Å². The number of carbonyl (C=O) groups excluding carboxylic acids is 3. The van der Waals surface area contributed by atoms with E-state index < -0.39 is 17.7 Å². The number of nitrogens with one attached hydrogen (secondary N) is 2. The molecule has 0 radical (unpaired) electrons. The van der Waals surface area contributed by atoms with Crippen molar-refractivity contribution in [2.45, 2.75) is 12.8 Å². The van der Waals surface area contributed by atoms with Gasteiger partial charge in [-0.25, -0.2) is 0 Å². The highest BCUT2D eigenvalue weighted by atomic mass is 16.5. The molecule has 1 unspecified atom stereocenters. The van der Waals surface area contributed by atoms with E-state index in [0.29, 0.717) is 11.4 Å². The van der Waals surface area contributed by atoms with Crippen LogP contribution in [0.5, 0.6) is 5.75 Å². The van der Waals surface area contributed by atoms with Gasteiger partial charge < -0.3 is 10.1 Å². The summed E-state index contributed by atoms with van der Waals surface area (Å²) in [6.07, 6.45) is 0.404. The largest absolute Gasteiger partial charge is 0.495 e. The van der Waals surface area contributed by atoms with Crippen LogP contribution in [0, 0.1) is 5.92 Å². The fraction of sp³-hybridized carbons (Fsp3) is 0.308. The van der Waals surface area contributed by atoms with Crippen molar-refractivity contribution in [2.75, 3.05) is 12.4 Å². The Balaban J connectivity index is 2.09. The Morgan fingerprint density at radius 2 is 2.11 bits per heavy atom. The Labute approximate surface area is 110 Å². The molecule has 2 N–H and O–H groups in total. The summed E-state index contributed by atoms with van der Waals surface area (Å²) in [7, 11) is 1.50. The Bertz CT molecular complexity index is 527. The summed E-state index contributed by atoms with van der Waals surface area (Å²) in [5.74, 6) is -1.66. The standard InChI is InChI=1S/C13H14N2O4/c1-19-10-5-3-2-4-9(10)14-12(17)8-6-7-11(16)15-13(8)18/h2-5,8H,6-7H2,1H3,(H,14,17)(H,15,16,18). The van der Waals surface area contributed by atoms with E-state index in [2.05, 4.69) is 10.6 Å². The topological polar surface area (TPSA) is 84.5 Å². The second-order valence-corrected chi connectivity index (χ2v) is 4.19. The maximum atomic E-state index is 12.0. The first-order chi connectivity index (χ1) is 9.11. The van der Waals surface area contributed by atoms with Crippen LogP contribution in [0.3, 0.4) is 0 Å². The van der Waals surface area contributed by atoms with Gasteiger partial charge in [0, 0.05) is 6.42 Å². The van der Waals surface area contributed by atoms with E-state index in [4.69, 9.17) is 4.74 Å².